The third-order valence-electron chi connectivity index (χ3n) is 4.55. The molecule has 1 atom stereocenters. The molecule has 0 spiro atoms. The first-order valence-corrected chi connectivity index (χ1v) is 7.48. The largest absolute Gasteiger partial charge is 0.395 e. The third kappa shape index (κ3) is 2.27. The van der Waals surface area contributed by atoms with Gasteiger partial charge in [-0.2, -0.15) is 5.10 Å². The second kappa shape index (κ2) is 5.41. The summed E-state index contributed by atoms with van der Waals surface area (Å²) in [7, 11) is 0. The van der Waals surface area contributed by atoms with Gasteiger partial charge in [0.1, 0.15) is 0 Å². The fourth-order valence-corrected chi connectivity index (χ4v) is 3.47. The summed E-state index contributed by atoms with van der Waals surface area (Å²) in [6.45, 7) is 3.19. The minimum Gasteiger partial charge on any atom is -0.395 e. The Kier molecular flexibility index (Phi) is 3.62. The van der Waals surface area contributed by atoms with Crippen molar-refractivity contribution in [3.05, 3.63) is 53.3 Å². The lowest BCUT2D eigenvalue weighted by molar-refractivity contribution is 0.173. The molecular weight excluding hydrogens is 248 g/mol. The van der Waals surface area contributed by atoms with Crippen LogP contribution in [-0.4, -0.2) is 21.5 Å². The van der Waals surface area contributed by atoms with Gasteiger partial charge in [-0.25, -0.2) is 0 Å². The molecule has 20 heavy (non-hydrogen) atoms. The predicted octanol–water partition coefficient (Wildman–Crippen LogP) is 2.71. The van der Waals surface area contributed by atoms with Crippen LogP contribution in [-0.2, 0) is 24.8 Å². The molecule has 0 aliphatic heterocycles. The minimum absolute atomic E-state index is 0.129. The van der Waals surface area contributed by atoms with Crippen molar-refractivity contribution in [2.75, 3.05) is 6.61 Å². The first kappa shape index (κ1) is 13.4. The van der Waals surface area contributed by atoms with E-state index < -0.39 is 0 Å². The molecule has 2 aromatic rings. The second-order valence-corrected chi connectivity index (χ2v) is 5.83. The average Bonchev–Trinajstić information content (AvgIpc) is 2.95. The predicted molar refractivity (Wildman–Crippen MR) is 79.7 cm³/mol. The molecule has 0 amide bonds. The number of hydrogen-bond acceptors (Lipinski definition) is 2. The van der Waals surface area contributed by atoms with Gasteiger partial charge in [-0.1, -0.05) is 24.3 Å². The number of aliphatic hydroxyl groups is 1. The number of rotatable bonds is 4. The van der Waals surface area contributed by atoms with Crippen molar-refractivity contribution in [3.8, 4) is 0 Å². The molecule has 0 saturated heterocycles. The number of hydrogen-bond donors (Lipinski definition) is 1. The molecule has 3 heteroatoms. The lowest BCUT2D eigenvalue weighted by Gasteiger charge is -2.37. The van der Waals surface area contributed by atoms with Gasteiger partial charge >= 0.3 is 0 Å². The molecule has 1 unspecified atom stereocenters. The van der Waals surface area contributed by atoms with Gasteiger partial charge in [0.05, 0.1) is 12.8 Å². The number of fused-ring (bicyclic) bond motifs is 1. The topological polar surface area (TPSA) is 38.0 Å². The zero-order valence-corrected chi connectivity index (χ0v) is 12.0. The van der Waals surface area contributed by atoms with Crippen molar-refractivity contribution in [3.63, 3.8) is 0 Å². The van der Waals surface area contributed by atoms with Gasteiger partial charge in [-0.05, 0) is 49.3 Å². The molecule has 1 aromatic carbocycles. The lowest BCUT2D eigenvalue weighted by Crippen LogP contribution is -2.36. The molecule has 106 valence electrons. The zero-order chi connectivity index (χ0) is 14.0. The Morgan fingerprint density at radius 1 is 1.35 bits per heavy atom. The summed E-state index contributed by atoms with van der Waals surface area (Å²) in [6, 6.07) is 8.58. The van der Waals surface area contributed by atoms with Crippen LogP contribution >= 0.6 is 0 Å². The fraction of sp³-hybridized carbons (Fsp3) is 0.471. The van der Waals surface area contributed by atoms with Crippen LogP contribution in [0, 0.1) is 0 Å². The normalized spacial score (nSPS) is 21.7. The van der Waals surface area contributed by atoms with Crippen LogP contribution in [0.15, 0.2) is 36.7 Å². The van der Waals surface area contributed by atoms with Crippen LogP contribution < -0.4 is 0 Å². The quantitative estimate of drug-likeness (QED) is 0.927. The molecule has 3 rings (SSSR count). The highest BCUT2D eigenvalue weighted by Crippen LogP contribution is 2.39. The molecule has 1 N–H and O–H groups in total. The van der Waals surface area contributed by atoms with E-state index in [4.69, 9.17) is 0 Å². The summed E-state index contributed by atoms with van der Waals surface area (Å²) < 4.78 is 1.95. The van der Waals surface area contributed by atoms with Crippen LogP contribution in [0.5, 0.6) is 0 Å². The molecule has 0 fully saturated rings. The highest BCUT2D eigenvalue weighted by molar-refractivity contribution is 5.38. The van der Waals surface area contributed by atoms with Crippen molar-refractivity contribution in [2.45, 2.75) is 44.6 Å². The maximum atomic E-state index is 10.1. The molecule has 1 aromatic heterocycles. The Balaban J connectivity index is 1.96. The second-order valence-electron chi connectivity index (χ2n) is 5.83. The van der Waals surface area contributed by atoms with Gasteiger partial charge < -0.3 is 5.11 Å². The van der Waals surface area contributed by atoms with Crippen LogP contribution in [0.2, 0.25) is 0 Å². The molecule has 1 aliphatic rings. The summed E-state index contributed by atoms with van der Waals surface area (Å²) in [4.78, 5) is 0. The van der Waals surface area contributed by atoms with E-state index in [2.05, 4.69) is 42.5 Å². The summed E-state index contributed by atoms with van der Waals surface area (Å²) >= 11 is 0. The lowest BCUT2D eigenvalue weighted by atomic mass is 9.67. The molecule has 0 radical (unpaired) electrons. The minimum atomic E-state index is -0.129. The van der Waals surface area contributed by atoms with E-state index in [-0.39, 0.29) is 12.0 Å². The first-order chi connectivity index (χ1) is 9.77. The van der Waals surface area contributed by atoms with Crippen LogP contribution in [0.1, 0.15) is 36.5 Å². The molecule has 0 bridgehead atoms. The summed E-state index contributed by atoms with van der Waals surface area (Å²) in [6.07, 6.45) is 8.26. The molecule has 1 heterocycles. The van der Waals surface area contributed by atoms with E-state index >= 15 is 0 Å². The molecule has 3 nitrogen and oxygen atoms in total. The first-order valence-electron chi connectivity index (χ1n) is 7.48. The summed E-state index contributed by atoms with van der Waals surface area (Å²) in [5.74, 6) is 0. The summed E-state index contributed by atoms with van der Waals surface area (Å²) in [5, 5.41) is 14.4. The van der Waals surface area contributed by atoms with Gasteiger partial charge in [0.15, 0.2) is 0 Å². The Hall–Kier alpha value is -1.61. The number of nitrogens with zero attached hydrogens (tertiary/aromatic N) is 2. The van der Waals surface area contributed by atoms with Crippen molar-refractivity contribution >= 4 is 0 Å². The number of aryl methyl sites for hydroxylation is 2. The number of aromatic nitrogens is 2. The highest BCUT2D eigenvalue weighted by Gasteiger charge is 2.36. The zero-order valence-electron chi connectivity index (χ0n) is 12.0. The van der Waals surface area contributed by atoms with E-state index in [0.29, 0.717) is 0 Å². The maximum Gasteiger partial charge on any atom is 0.0531 e. The van der Waals surface area contributed by atoms with E-state index in [9.17, 15) is 5.11 Å². The molecule has 1 aliphatic carbocycles. The summed E-state index contributed by atoms with van der Waals surface area (Å²) in [5.41, 5.74) is 3.82. The van der Waals surface area contributed by atoms with Gasteiger partial charge in [0, 0.05) is 18.2 Å². The Labute approximate surface area is 120 Å². The number of benzene rings is 1. The van der Waals surface area contributed by atoms with Crippen molar-refractivity contribution in [1.82, 2.24) is 9.78 Å². The van der Waals surface area contributed by atoms with E-state index in [1.165, 1.54) is 16.7 Å². The van der Waals surface area contributed by atoms with Crippen molar-refractivity contribution < 1.29 is 5.11 Å². The van der Waals surface area contributed by atoms with Gasteiger partial charge in [0.2, 0.25) is 0 Å². The number of aliphatic hydroxyl groups excluding tert-OH is 1. The van der Waals surface area contributed by atoms with E-state index in [1.807, 2.05) is 10.9 Å². The Bertz CT molecular complexity index is 590. The van der Waals surface area contributed by atoms with Gasteiger partial charge in [-0.15, -0.1) is 0 Å². The van der Waals surface area contributed by atoms with Crippen molar-refractivity contribution in [1.29, 1.82) is 0 Å². The highest BCUT2D eigenvalue weighted by atomic mass is 16.3. The Morgan fingerprint density at radius 2 is 2.20 bits per heavy atom. The third-order valence-corrected chi connectivity index (χ3v) is 4.55. The van der Waals surface area contributed by atoms with Crippen molar-refractivity contribution in [2.24, 2.45) is 0 Å². The smallest absolute Gasteiger partial charge is 0.0531 e. The monoisotopic (exact) mass is 270 g/mol. The maximum absolute atomic E-state index is 10.1. The standard InChI is InChI=1S/C17H22N2O/c1-2-19-12-14(11-18-19)10-17(13-20)9-5-7-15-6-3-4-8-16(15)17/h3-4,6,8,11-12,20H,2,5,7,9-10,13H2,1H3. The average molecular weight is 270 g/mol. The Morgan fingerprint density at radius 3 is 2.95 bits per heavy atom. The van der Waals surface area contributed by atoms with E-state index in [1.54, 1.807) is 0 Å². The van der Waals surface area contributed by atoms with Gasteiger partial charge in [-0.3, -0.25) is 4.68 Å². The van der Waals surface area contributed by atoms with Crippen LogP contribution in [0.25, 0.3) is 0 Å². The van der Waals surface area contributed by atoms with Gasteiger partial charge in [0.25, 0.3) is 0 Å². The van der Waals surface area contributed by atoms with Crippen LogP contribution in [0.4, 0.5) is 0 Å². The van der Waals surface area contributed by atoms with E-state index in [0.717, 1.165) is 32.2 Å². The van der Waals surface area contributed by atoms with Crippen LogP contribution in [0.3, 0.4) is 0 Å². The SMILES string of the molecule is CCn1cc(CC2(CO)CCCc3ccccc32)cn1. The fourth-order valence-electron chi connectivity index (χ4n) is 3.47. The molecular formula is C17H22N2O. The molecule has 0 saturated carbocycles.